The summed E-state index contributed by atoms with van der Waals surface area (Å²) in [5, 5.41) is 0. The summed E-state index contributed by atoms with van der Waals surface area (Å²) in [6, 6.07) is 0. The first-order valence-corrected chi connectivity index (χ1v) is 6.51. The maximum absolute atomic E-state index is 12.4. The van der Waals surface area contributed by atoms with Crippen LogP contribution in [0, 0.1) is 23.7 Å². The molecular weight excluding hydrogens is 257 g/mol. The summed E-state index contributed by atoms with van der Waals surface area (Å²) in [5.41, 5.74) is -1.41. The van der Waals surface area contributed by atoms with Crippen LogP contribution in [0.3, 0.4) is 0 Å². The topological polar surface area (TPSA) is 26.3 Å². The summed E-state index contributed by atoms with van der Waals surface area (Å²) < 4.78 is 42.1. The Balaban J connectivity index is 1.65. The first-order valence-electron chi connectivity index (χ1n) is 6.51. The second kappa shape index (κ2) is 4.12. The van der Waals surface area contributed by atoms with Crippen LogP contribution in [-0.4, -0.2) is 18.2 Å². The van der Waals surface area contributed by atoms with Crippen molar-refractivity contribution in [2.24, 2.45) is 23.7 Å². The van der Waals surface area contributed by atoms with Crippen molar-refractivity contribution in [1.29, 1.82) is 0 Å². The fraction of sp³-hybridized carbons (Fsp3) is 0.643. The fourth-order valence-corrected chi connectivity index (χ4v) is 3.94. The van der Waals surface area contributed by atoms with Gasteiger partial charge in [-0.2, -0.15) is 13.2 Å². The van der Waals surface area contributed by atoms with E-state index < -0.39 is 17.7 Å². The number of carbonyl (C=O) groups excluding carboxylic acids is 1. The van der Waals surface area contributed by atoms with E-state index in [-0.39, 0.29) is 12.0 Å². The van der Waals surface area contributed by atoms with Crippen molar-refractivity contribution in [3.63, 3.8) is 0 Å². The second-order valence-electron chi connectivity index (χ2n) is 5.72. The van der Waals surface area contributed by atoms with Crippen LogP contribution in [0.4, 0.5) is 13.2 Å². The third kappa shape index (κ3) is 1.99. The number of carbonyl (C=O) groups is 1. The number of alkyl halides is 3. The monoisotopic (exact) mass is 272 g/mol. The van der Waals surface area contributed by atoms with Crippen LogP contribution in [0.5, 0.6) is 0 Å². The van der Waals surface area contributed by atoms with E-state index >= 15 is 0 Å². The molecule has 2 fully saturated rings. The summed E-state index contributed by atoms with van der Waals surface area (Å²) >= 11 is 0. The van der Waals surface area contributed by atoms with E-state index in [0.29, 0.717) is 24.2 Å². The molecule has 0 radical (unpaired) electrons. The lowest BCUT2D eigenvalue weighted by atomic mass is 9.80. The predicted octanol–water partition coefficient (Wildman–Crippen LogP) is 3.25. The molecule has 19 heavy (non-hydrogen) atoms. The van der Waals surface area contributed by atoms with E-state index in [1.54, 1.807) is 0 Å². The Labute approximate surface area is 109 Å². The van der Waals surface area contributed by atoms with Crippen LogP contribution in [0.15, 0.2) is 24.3 Å². The van der Waals surface area contributed by atoms with Crippen LogP contribution in [-0.2, 0) is 9.53 Å². The molecule has 5 heteroatoms. The Morgan fingerprint density at radius 1 is 1.26 bits per heavy atom. The Morgan fingerprint density at radius 2 is 2.00 bits per heavy atom. The molecule has 0 aromatic heterocycles. The summed E-state index contributed by atoms with van der Waals surface area (Å²) in [5.74, 6) is 0.366. The molecular formula is C14H15F3O2. The molecule has 3 aliphatic rings. The number of hydrogen-bond donors (Lipinski definition) is 0. The Kier molecular flexibility index (Phi) is 2.76. The zero-order valence-electron chi connectivity index (χ0n) is 10.3. The van der Waals surface area contributed by atoms with Crippen molar-refractivity contribution < 1.29 is 22.7 Å². The van der Waals surface area contributed by atoms with Gasteiger partial charge in [0, 0.05) is 5.92 Å². The number of rotatable bonds is 2. The summed E-state index contributed by atoms with van der Waals surface area (Å²) in [4.78, 5) is 11.5. The molecule has 3 rings (SSSR count). The number of fused-ring (bicyclic) bond motifs is 5. The molecule has 0 aliphatic heterocycles. The lowest BCUT2D eigenvalue weighted by Gasteiger charge is -2.31. The third-order valence-corrected chi connectivity index (χ3v) is 4.80. The average molecular weight is 272 g/mol. The lowest BCUT2D eigenvalue weighted by molar-refractivity contribution is -0.158. The number of allylic oxidation sites excluding steroid dienone is 2. The molecule has 0 heterocycles. The zero-order valence-corrected chi connectivity index (χ0v) is 10.3. The summed E-state index contributed by atoms with van der Waals surface area (Å²) in [7, 11) is 0. The van der Waals surface area contributed by atoms with Crippen LogP contribution in [0.2, 0.25) is 0 Å². The van der Waals surface area contributed by atoms with Gasteiger partial charge in [-0.25, -0.2) is 4.79 Å². The predicted molar refractivity (Wildman–Crippen MR) is 62.0 cm³/mol. The number of halogens is 3. The van der Waals surface area contributed by atoms with Crippen molar-refractivity contribution in [2.75, 3.05) is 0 Å². The first-order chi connectivity index (χ1) is 8.88. The van der Waals surface area contributed by atoms with Gasteiger partial charge in [0.05, 0.1) is 0 Å². The Bertz CT molecular complexity index is 452. The molecule has 0 N–H and O–H groups in total. The molecule has 3 aliphatic carbocycles. The minimum atomic E-state index is -4.70. The van der Waals surface area contributed by atoms with Gasteiger partial charge in [-0.15, -0.1) is 0 Å². The first kappa shape index (κ1) is 12.8. The van der Waals surface area contributed by atoms with Gasteiger partial charge in [-0.05, 0) is 37.0 Å². The van der Waals surface area contributed by atoms with E-state index in [1.165, 1.54) is 0 Å². The molecule has 104 valence electrons. The molecule has 2 bridgehead atoms. The SMILES string of the molecule is C=C(C(=O)OC1CC2CC1C1C=CCC21)C(F)(F)F. The smallest absolute Gasteiger partial charge is 0.422 e. The minimum Gasteiger partial charge on any atom is -0.458 e. The number of hydrogen-bond acceptors (Lipinski definition) is 2. The van der Waals surface area contributed by atoms with Crippen molar-refractivity contribution in [3.05, 3.63) is 24.3 Å². The summed E-state index contributed by atoms with van der Waals surface area (Å²) in [6.45, 7) is 2.78. The number of ether oxygens (including phenoxy) is 1. The normalized spacial score (nSPS) is 39.4. The average Bonchev–Trinajstić information content (AvgIpc) is 2.97. The molecule has 5 unspecified atom stereocenters. The summed E-state index contributed by atoms with van der Waals surface area (Å²) in [6.07, 6.45) is 1.91. The van der Waals surface area contributed by atoms with Gasteiger partial charge in [0.25, 0.3) is 0 Å². The third-order valence-electron chi connectivity index (χ3n) is 4.80. The highest BCUT2D eigenvalue weighted by molar-refractivity contribution is 5.89. The Hall–Kier alpha value is -1.26. The van der Waals surface area contributed by atoms with Crippen LogP contribution in [0.1, 0.15) is 19.3 Å². The van der Waals surface area contributed by atoms with E-state index in [4.69, 9.17) is 4.74 Å². The van der Waals surface area contributed by atoms with Crippen molar-refractivity contribution in [1.82, 2.24) is 0 Å². The van der Waals surface area contributed by atoms with Gasteiger partial charge in [0.15, 0.2) is 0 Å². The fourth-order valence-electron chi connectivity index (χ4n) is 3.94. The maximum Gasteiger partial charge on any atom is 0.422 e. The van der Waals surface area contributed by atoms with E-state index in [9.17, 15) is 18.0 Å². The van der Waals surface area contributed by atoms with Gasteiger partial charge < -0.3 is 4.74 Å². The van der Waals surface area contributed by atoms with E-state index in [0.717, 1.165) is 12.8 Å². The molecule has 0 saturated heterocycles. The molecule has 5 atom stereocenters. The standard InChI is InChI=1S/C14H15F3O2/c1-7(14(15,16)17)13(18)19-12-6-8-5-11(12)10-4-2-3-9(8)10/h2,4,8-12H,1,3,5-6H2. The van der Waals surface area contributed by atoms with Gasteiger partial charge in [0.2, 0.25) is 0 Å². The lowest BCUT2D eigenvalue weighted by Crippen LogP contribution is -2.34. The van der Waals surface area contributed by atoms with Gasteiger partial charge in [-0.3, -0.25) is 0 Å². The quantitative estimate of drug-likeness (QED) is 0.438. The maximum atomic E-state index is 12.4. The van der Waals surface area contributed by atoms with Crippen LogP contribution >= 0.6 is 0 Å². The van der Waals surface area contributed by atoms with E-state index in [2.05, 4.69) is 18.7 Å². The van der Waals surface area contributed by atoms with Crippen molar-refractivity contribution in [2.45, 2.75) is 31.5 Å². The van der Waals surface area contributed by atoms with Crippen LogP contribution < -0.4 is 0 Å². The molecule has 0 aromatic carbocycles. The van der Waals surface area contributed by atoms with E-state index in [1.807, 2.05) is 0 Å². The highest BCUT2D eigenvalue weighted by Gasteiger charge is 2.54. The molecule has 2 saturated carbocycles. The van der Waals surface area contributed by atoms with Gasteiger partial charge in [0.1, 0.15) is 11.7 Å². The zero-order chi connectivity index (χ0) is 13.8. The van der Waals surface area contributed by atoms with Crippen molar-refractivity contribution in [3.8, 4) is 0 Å². The molecule has 2 nitrogen and oxygen atoms in total. The molecule has 0 spiro atoms. The highest BCUT2D eigenvalue weighted by atomic mass is 19.4. The molecule has 0 aromatic rings. The molecule has 0 amide bonds. The minimum absolute atomic E-state index is 0.193. The second-order valence-corrected chi connectivity index (χ2v) is 5.72. The number of esters is 1. The van der Waals surface area contributed by atoms with Crippen molar-refractivity contribution >= 4 is 5.97 Å². The Morgan fingerprint density at radius 3 is 2.68 bits per heavy atom. The van der Waals surface area contributed by atoms with Gasteiger partial charge >= 0.3 is 12.1 Å². The van der Waals surface area contributed by atoms with Crippen LogP contribution in [0.25, 0.3) is 0 Å². The van der Waals surface area contributed by atoms with Gasteiger partial charge in [-0.1, -0.05) is 18.7 Å². The highest BCUT2D eigenvalue weighted by Crippen LogP contribution is 2.57. The largest absolute Gasteiger partial charge is 0.458 e.